The van der Waals surface area contributed by atoms with Crippen LogP contribution in [0.4, 0.5) is 0 Å². The quantitative estimate of drug-likeness (QED) is 0.666. The van der Waals surface area contributed by atoms with E-state index in [2.05, 4.69) is 10.1 Å². The third-order valence-corrected chi connectivity index (χ3v) is 4.53. The lowest BCUT2D eigenvalue weighted by Crippen LogP contribution is -2.16. The van der Waals surface area contributed by atoms with Crippen molar-refractivity contribution < 1.29 is 9.53 Å². The van der Waals surface area contributed by atoms with Crippen molar-refractivity contribution in [3.63, 3.8) is 0 Å². The largest absolute Gasteiger partial charge is 0.458 e. The van der Waals surface area contributed by atoms with Gasteiger partial charge in [0.05, 0.1) is 5.92 Å². The van der Waals surface area contributed by atoms with Crippen molar-refractivity contribution >= 4 is 22.3 Å². The van der Waals surface area contributed by atoms with Crippen LogP contribution < -0.4 is 5.56 Å². The number of carbonyl (C=O) groups is 1. The van der Waals surface area contributed by atoms with Crippen molar-refractivity contribution in [1.82, 2.24) is 14.6 Å². The summed E-state index contributed by atoms with van der Waals surface area (Å²) in [6.45, 7) is 3.74. The highest BCUT2D eigenvalue weighted by Crippen LogP contribution is 2.22. The van der Waals surface area contributed by atoms with E-state index in [1.54, 1.807) is 6.92 Å². The summed E-state index contributed by atoms with van der Waals surface area (Å²) in [6.07, 6.45) is 0.656. The fourth-order valence-corrected chi connectivity index (χ4v) is 3.33. The van der Waals surface area contributed by atoms with Crippen molar-refractivity contribution in [1.29, 1.82) is 0 Å². The molecule has 6 nitrogen and oxygen atoms in total. The molecule has 0 saturated carbocycles. The number of benzene rings is 1. The van der Waals surface area contributed by atoms with Gasteiger partial charge in [-0.1, -0.05) is 48.6 Å². The first kappa shape index (κ1) is 16.3. The van der Waals surface area contributed by atoms with Crippen molar-refractivity contribution in [2.75, 3.05) is 0 Å². The standard InChI is InChI=1S/C17H17N3O3S/c1-3-13(12-7-5-4-6-8-12)16(22)23-10-14-19-20-15(21)9-11(2)18-17(20)24-14/h4-9,13H,3,10H2,1-2H3/t13-/m1/s1. The first-order valence-corrected chi connectivity index (χ1v) is 8.48. The molecule has 0 saturated heterocycles. The van der Waals surface area contributed by atoms with Gasteiger partial charge in [-0.3, -0.25) is 9.59 Å². The van der Waals surface area contributed by atoms with Crippen LogP contribution in [0.5, 0.6) is 0 Å². The minimum atomic E-state index is -0.302. The zero-order valence-electron chi connectivity index (χ0n) is 13.4. The minimum Gasteiger partial charge on any atom is -0.458 e. The first-order valence-electron chi connectivity index (χ1n) is 7.66. The number of rotatable bonds is 5. The molecule has 0 unspecified atom stereocenters. The van der Waals surface area contributed by atoms with Gasteiger partial charge < -0.3 is 4.74 Å². The molecule has 2 heterocycles. The monoisotopic (exact) mass is 343 g/mol. The van der Waals surface area contributed by atoms with Crippen LogP contribution in [-0.2, 0) is 16.1 Å². The van der Waals surface area contributed by atoms with Gasteiger partial charge >= 0.3 is 5.97 Å². The molecule has 0 aliphatic rings. The number of aromatic nitrogens is 3. The van der Waals surface area contributed by atoms with Gasteiger partial charge in [-0.05, 0) is 18.9 Å². The van der Waals surface area contributed by atoms with Crippen molar-refractivity contribution in [3.05, 3.63) is 63.0 Å². The van der Waals surface area contributed by atoms with E-state index >= 15 is 0 Å². The van der Waals surface area contributed by atoms with Crippen LogP contribution in [0.2, 0.25) is 0 Å². The second-order valence-electron chi connectivity index (χ2n) is 5.41. The molecule has 0 fully saturated rings. The Labute approximate surface area is 142 Å². The second-order valence-corrected chi connectivity index (χ2v) is 6.45. The fraction of sp³-hybridized carbons (Fsp3) is 0.294. The van der Waals surface area contributed by atoms with Gasteiger partial charge in [0.25, 0.3) is 5.56 Å². The van der Waals surface area contributed by atoms with E-state index in [0.717, 1.165) is 5.56 Å². The van der Waals surface area contributed by atoms with Crippen molar-refractivity contribution in [3.8, 4) is 0 Å². The Kier molecular flexibility index (Phi) is 4.71. The number of hydrogen-bond donors (Lipinski definition) is 0. The molecule has 3 rings (SSSR count). The molecule has 0 bridgehead atoms. The van der Waals surface area contributed by atoms with Crippen LogP contribution in [-0.4, -0.2) is 20.6 Å². The van der Waals surface area contributed by atoms with Crippen molar-refractivity contribution in [2.45, 2.75) is 32.8 Å². The Bertz CT molecular complexity index is 918. The maximum atomic E-state index is 12.4. The topological polar surface area (TPSA) is 73.6 Å². The van der Waals surface area contributed by atoms with Crippen LogP contribution in [0.15, 0.2) is 41.2 Å². The average molecular weight is 343 g/mol. The molecule has 24 heavy (non-hydrogen) atoms. The second kappa shape index (κ2) is 6.92. The van der Waals surface area contributed by atoms with Gasteiger partial charge in [-0.25, -0.2) is 4.98 Å². The highest BCUT2D eigenvalue weighted by Gasteiger charge is 2.20. The highest BCUT2D eigenvalue weighted by molar-refractivity contribution is 7.16. The lowest BCUT2D eigenvalue weighted by molar-refractivity contribution is -0.146. The molecule has 0 aliphatic carbocycles. The Morgan fingerprint density at radius 3 is 2.79 bits per heavy atom. The number of carbonyl (C=O) groups excluding carboxylic acids is 1. The summed E-state index contributed by atoms with van der Waals surface area (Å²) >= 11 is 1.25. The first-order chi connectivity index (χ1) is 11.6. The van der Waals surface area contributed by atoms with E-state index in [-0.39, 0.29) is 24.1 Å². The maximum absolute atomic E-state index is 12.4. The van der Waals surface area contributed by atoms with Crippen LogP contribution in [0.1, 0.15) is 35.5 Å². The molecular weight excluding hydrogens is 326 g/mol. The number of esters is 1. The third kappa shape index (κ3) is 3.35. The summed E-state index contributed by atoms with van der Waals surface area (Å²) in [6, 6.07) is 11.0. The molecule has 0 aliphatic heterocycles. The molecule has 0 spiro atoms. The molecule has 124 valence electrons. The normalized spacial score (nSPS) is 12.2. The summed E-state index contributed by atoms with van der Waals surface area (Å²) < 4.78 is 6.63. The highest BCUT2D eigenvalue weighted by atomic mass is 32.1. The third-order valence-electron chi connectivity index (χ3n) is 3.65. The molecule has 2 aromatic heterocycles. The number of hydrogen-bond acceptors (Lipinski definition) is 6. The Morgan fingerprint density at radius 1 is 1.33 bits per heavy atom. The molecule has 7 heteroatoms. The number of ether oxygens (including phenoxy) is 1. The Hall–Kier alpha value is -2.54. The average Bonchev–Trinajstić information content (AvgIpc) is 2.98. The molecular formula is C17H17N3O3S. The summed E-state index contributed by atoms with van der Waals surface area (Å²) in [5.41, 5.74) is 1.34. The maximum Gasteiger partial charge on any atom is 0.313 e. The molecule has 0 N–H and O–H groups in total. The van der Waals surface area contributed by atoms with Crippen molar-refractivity contribution in [2.24, 2.45) is 0 Å². The van der Waals surface area contributed by atoms with Gasteiger partial charge in [0, 0.05) is 11.8 Å². The molecule has 0 radical (unpaired) electrons. The lowest BCUT2D eigenvalue weighted by Gasteiger charge is -2.13. The van der Waals surface area contributed by atoms with E-state index in [4.69, 9.17) is 4.74 Å². The summed E-state index contributed by atoms with van der Waals surface area (Å²) in [7, 11) is 0. The van der Waals surface area contributed by atoms with Crippen LogP contribution in [0.3, 0.4) is 0 Å². The van der Waals surface area contributed by atoms with Gasteiger partial charge in [0.15, 0.2) is 5.01 Å². The smallest absolute Gasteiger partial charge is 0.313 e. The SMILES string of the molecule is CC[C@@H](C(=O)OCc1nn2c(=O)cc(C)nc2s1)c1ccccc1. The minimum absolute atomic E-state index is 0.0364. The van der Waals surface area contributed by atoms with Crippen LogP contribution in [0, 0.1) is 6.92 Å². The molecule has 0 amide bonds. The van der Waals surface area contributed by atoms with E-state index in [1.165, 1.54) is 21.9 Å². The van der Waals surface area contributed by atoms with Gasteiger partial charge in [-0.15, -0.1) is 0 Å². The van der Waals surface area contributed by atoms with E-state index in [1.807, 2.05) is 37.3 Å². The molecule has 1 aromatic carbocycles. The van der Waals surface area contributed by atoms with E-state index in [9.17, 15) is 9.59 Å². The lowest BCUT2D eigenvalue weighted by atomic mass is 9.97. The summed E-state index contributed by atoms with van der Waals surface area (Å²) in [5, 5.41) is 4.71. The number of fused-ring (bicyclic) bond motifs is 1. The fourth-order valence-electron chi connectivity index (χ4n) is 2.48. The summed E-state index contributed by atoms with van der Waals surface area (Å²) in [4.78, 5) is 29.0. The molecule has 3 aromatic rings. The van der Waals surface area contributed by atoms with E-state index < -0.39 is 0 Å². The zero-order valence-corrected chi connectivity index (χ0v) is 14.2. The summed E-state index contributed by atoms with van der Waals surface area (Å²) in [5.74, 6) is -0.594. The van der Waals surface area contributed by atoms with Gasteiger partial charge in [0.2, 0.25) is 4.96 Å². The van der Waals surface area contributed by atoms with Crippen LogP contribution >= 0.6 is 11.3 Å². The molecule has 1 atom stereocenters. The Morgan fingerprint density at radius 2 is 2.08 bits per heavy atom. The number of nitrogens with zero attached hydrogens (tertiary/aromatic N) is 3. The van der Waals surface area contributed by atoms with Gasteiger partial charge in [0.1, 0.15) is 6.61 Å². The number of aryl methyl sites for hydroxylation is 1. The Balaban J connectivity index is 1.74. The predicted molar refractivity (Wildman–Crippen MR) is 91.1 cm³/mol. The van der Waals surface area contributed by atoms with Gasteiger partial charge in [-0.2, -0.15) is 9.61 Å². The predicted octanol–water partition coefficient (Wildman–Crippen LogP) is 2.70. The van der Waals surface area contributed by atoms with Crippen LogP contribution in [0.25, 0.3) is 4.96 Å². The zero-order chi connectivity index (χ0) is 17.1. The van der Waals surface area contributed by atoms with E-state index in [0.29, 0.717) is 22.1 Å².